The summed E-state index contributed by atoms with van der Waals surface area (Å²) in [5.41, 5.74) is 7.71. The van der Waals surface area contributed by atoms with Gasteiger partial charge in [-0.1, -0.05) is 36.5 Å². The zero-order valence-corrected chi connectivity index (χ0v) is 12.4. The van der Waals surface area contributed by atoms with Crippen molar-refractivity contribution in [3.8, 4) is 0 Å². The molecule has 0 heterocycles. The van der Waals surface area contributed by atoms with Crippen LogP contribution in [0.25, 0.3) is 0 Å². The molecule has 0 saturated carbocycles. The van der Waals surface area contributed by atoms with Crippen LogP contribution in [0.5, 0.6) is 0 Å². The third kappa shape index (κ3) is 3.55. The van der Waals surface area contributed by atoms with Gasteiger partial charge in [-0.2, -0.15) is 0 Å². The number of aryl methyl sites for hydroxylation is 1. The molecule has 2 aromatic rings. The van der Waals surface area contributed by atoms with Crippen LogP contribution in [0.3, 0.4) is 0 Å². The van der Waals surface area contributed by atoms with Gasteiger partial charge >= 0.3 is 0 Å². The fourth-order valence-electron chi connectivity index (χ4n) is 2.10. The number of halogens is 2. The summed E-state index contributed by atoms with van der Waals surface area (Å²) >= 11 is 4.67. The zero-order valence-electron chi connectivity index (χ0n) is 11.6. The van der Waals surface area contributed by atoms with Crippen molar-refractivity contribution in [2.45, 2.75) is 13.3 Å². The molecular formula is C16H16F2N2S. The lowest BCUT2D eigenvalue weighted by Crippen LogP contribution is -2.14. The maximum absolute atomic E-state index is 13.9. The van der Waals surface area contributed by atoms with Crippen molar-refractivity contribution in [2.24, 2.45) is 5.73 Å². The molecule has 0 aliphatic rings. The van der Waals surface area contributed by atoms with Crippen molar-refractivity contribution >= 4 is 22.9 Å². The molecule has 0 bridgehead atoms. The lowest BCUT2D eigenvalue weighted by atomic mass is 10.1. The van der Waals surface area contributed by atoms with E-state index in [0.29, 0.717) is 6.54 Å². The predicted octanol–water partition coefficient (Wildman–Crippen LogP) is 3.56. The molecule has 0 atom stereocenters. The number of hydrogen-bond acceptors (Lipinski definition) is 2. The van der Waals surface area contributed by atoms with Crippen LogP contribution < -0.4 is 11.1 Å². The normalized spacial score (nSPS) is 10.4. The fourth-order valence-corrected chi connectivity index (χ4v) is 2.26. The SMILES string of the molecule is Cc1ccccc1CCNc1ccc(C(N)=S)c(F)c1F. The van der Waals surface area contributed by atoms with Gasteiger partial charge < -0.3 is 11.1 Å². The third-order valence-corrected chi connectivity index (χ3v) is 3.54. The average molecular weight is 306 g/mol. The van der Waals surface area contributed by atoms with Crippen molar-refractivity contribution in [3.05, 3.63) is 64.7 Å². The fraction of sp³-hybridized carbons (Fsp3) is 0.188. The minimum absolute atomic E-state index is 0.0769. The van der Waals surface area contributed by atoms with Gasteiger partial charge in [-0.3, -0.25) is 0 Å². The summed E-state index contributed by atoms with van der Waals surface area (Å²) in [5, 5.41) is 2.90. The number of hydrogen-bond donors (Lipinski definition) is 2. The van der Waals surface area contributed by atoms with Gasteiger partial charge in [0.25, 0.3) is 0 Å². The van der Waals surface area contributed by atoms with Crippen molar-refractivity contribution in [1.29, 1.82) is 0 Å². The van der Waals surface area contributed by atoms with Gasteiger partial charge in [0.05, 0.1) is 5.69 Å². The van der Waals surface area contributed by atoms with Crippen LogP contribution >= 0.6 is 12.2 Å². The molecular weight excluding hydrogens is 290 g/mol. The summed E-state index contributed by atoms with van der Waals surface area (Å²) in [6.45, 7) is 2.53. The number of benzene rings is 2. The minimum Gasteiger partial charge on any atom is -0.389 e. The van der Waals surface area contributed by atoms with Gasteiger partial charge in [-0.15, -0.1) is 0 Å². The number of thiocarbonyl (C=S) groups is 1. The Morgan fingerprint density at radius 2 is 1.86 bits per heavy atom. The lowest BCUT2D eigenvalue weighted by Gasteiger charge is -2.11. The standard InChI is InChI=1S/C16H16F2N2S/c1-10-4-2-3-5-11(10)8-9-20-13-7-6-12(16(19)21)14(17)15(13)18/h2-7,20H,8-9H2,1H3,(H2,19,21). The highest BCUT2D eigenvalue weighted by Crippen LogP contribution is 2.21. The second kappa shape index (κ2) is 6.63. The molecule has 0 unspecified atom stereocenters. The number of nitrogens with two attached hydrogens (primary N) is 1. The van der Waals surface area contributed by atoms with E-state index in [1.165, 1.54) is 23.3 Å². The van der Waals surface area contributed by atoms with E-state index < -0.39 is 11.6 Å². The molecule has 0 aromatic heterocycles. The Labute approximate surface area is 128 Å². The molecule has 0 saturated heterocycles. The Kier molecular flexibility index (Phi) is 4.85. The molecule has 2 nitrogen and oxygen atoms in total. The molecule has 0 spiro atoms. The summed E-state index contributed by atoms with van der Waals surface area (Å²) < 4.78 is 27.6. The van der Waals surface area contributed by atoms with Crippen LogP contribution in [-0.4, -0.2) is 11.5 Å². The summed E-state index contributed by atoms with van der Waals surface area (Å²) in [7, 11) is 0. The maximum atomic E-state index is 13.9. The van der Waals surface area contributed by atoms with Crippen molar-refractivity contribution in [3.63, 3.8) is 0 Å². The molecule has 2 aromatic carbocycles. The quantitative estimate of drug-likeness (QED) is 0.830. The molecule has 3 N–H and O–H groups in total. The molecule has 2 rings (SSSR count). The highest BCUT2D eigenvalue weighted by atomic mass is 32.1. The first-order valence-electron chi connectivity index (χ1n) is 6.57. The van der Waals surface area contributed by atoms with Gasteiger partial charge in [-0.25, -0.2) is 8.78 Å². The van der Waals surface area contributed by atoms with Gasteiger partial charge in [0.15, 0.2) is 11.6 Å². The molecule has 0 fully saturated rings. The number of anilines is 1. The van der Waals surface area contributed by atoms with Crippen molar-refractivity contribution in [1.82, 2.24) is 0 Å². The van der Waals surface area contributed by atoms with Crippen LogP contribution in [0.15, 0.2) is 36.4 Å². The highest BCUT2D eigenvalue weighted by Gasteiger charge is 2.14. The molecule has 5 heteroatoms. The Morgan fingerprint density at radius 3 is 2.52 bits per heavy atom. The first-order valence-corrected chi connectivity index (χ1v) is 6.97. The van der Waals surface area contributed by atoms with E-state index in [2.05, 4.69) is 17.5 Å². The third-order valence-electron chi connectivity index (χ3n) is 3.32. The minimum atomic E-state index is -1.01. The molecule has 21 heavy (non-hydrogen) atoms. The zero-order chi connectivity index (χ0) is 15.4. The molecule has 0 aliphatic heterocycles. The first kappa shape index (κ1) is 15.4. The van der Waals surface area contributed by atoms with Crippen LogP contribution in [0.2, 0.25) is 0 Å². The number of rotatable bonds is 5. The molecule has 110 valence electrons. The maximum Gasteiger partial charge on any atom is 0.182 e. The molecule has 0 radical (unpaired) electrons. The monoisotopic (exact) mass is 306 g/mol. The summed E-state index contributed by atoms with van der Waals surface area (Å²) in [4.78, 5) is -0.155. The smallest absolute Gasteiger partial charge is 0.182 e. The second-order valence-electron chi connectivity index (χ2n) is 4.76. The topological polar surface area (TPSA) is 38.0 Å². The van der Waals surface area contributed by atoms with E-state index in [0.717, 1.165) is 6.42 Å². The first-order chi connectivity index (χ1) is 10.0. The van der Waals surface area contributed by atoms with E-state index in [4.69, 9.17) is 5.73 Å². The van der Waals surface area contributed by atoms with E-state index in [9.17, 15) is 8.78 Å². The van der Waals surface area contributed by atoms with Crippen LogP contribution in [-0.2, 0) is 6.42 Å². The van der Waals surface area contributed by atoms with Crippen molar-refractivity contribution in [2.75, 3.05) is 11.9 Å². The van der Waals surface area contributed by atoms with Gasteiger partial charge in [0, 0.05) is 12.1 Å². The van der Waals surface area contributed by atoms with Crippen LogP contribution in [0, 0.1) is 18.6 Å². The van der Waals surface area contributed by atoms with Gasteiger partial charge in [0.1, 0.15) is 4.99 Å². The Balaban J connectivity index is 2.06. The number of nitrogens with one attached hydrogen (secondary N) is 1. The Hall–Kier alpha value is -2.01. The predicted molar refractivity (Wildman–Crippen MR) is 85.6 cm³/mol. The van der Waals surface area contributed by atoms with E-state index in [-0.39, 0.29) is 16.2 Å². The van der Waals surface area contributed by atoms with E-state index >= 15 is 0 Å². The van der Waals surface area contributed by atoms with Gasteiger partial charge in [-0.05, 0) is 36.6 Å². The molecule has 0 amide bonds. The van der Waals surface area contributed by atoms with Crippen LogP contribution in [0.4, 0.5) is 14.5 Å². The molecule has 0 aliphatic carbocycles. The Morgan fingerprint density at radius 1 is 1.14 bits per heavy atom. The summed E-state index contributed by atoms with van der Waals surface area (Å²) in [6.07, 6.45) is 0.727. The summed E-state index contributed by atoms with van der Waals surface area (Å²) in [6, 6.07) is 10.8. The van der Waals surface area contributed by atoms with Crippen molar-refractivity contribution < 1.29 is 8.78 Å². The lowest BCUT2D eigenvalue weighted by molar-refractivity contribution is 0.509. The second-order valence-corrected chi connectivity index (χ2v) is 5.20. The van der Waals surface area contributed by atoms with E-state index in [1.54, 1.807) is 0 Å². The van der Waals surface area contributed by atoms with E-state index in [1.807, 2.05) is 31.2 Å². The largest absolute Gasteiger partial charge is 0.389 e. The van der Waals surface area contributed by atoms with Gasteiger partial charge in [0.2, 0.25) is 0 Å². The van der Waals surface area contributed by atoms with Crippen LogP contribution in [0.1, 0.15) is 16.7 Å². The average Bonchev–Trinajstić information content (AvgIpc) is 2.45. The summed E-state index contributed by atoms with van der Waals surface area (Å²) in [5.74, 6) is -1.96. The Bertz CT molecular complexity index is 671. The highest BCUT2D eigenvalue weighted by molar-refractivity contribution is 7.80.